The van der Waals surface area contributed by atoms with Gasteiger partial charge in [-0.3, -0.25) is 4.79 Å². The first-order valence-electron chi connectivity index (χ1n) is 6.72. The monoisotopic (exact) mass is 348 g/mol. The van der Waals surface area contributed by atoms with E-state index in [-0.39, 0.29) is 12.1 Å². The second-order valence-corrected chi connectivity index (χ2v) is 5.11. The minimum atomic E-state index is -5.72. The highest BCUT2D eigenvalue weighted by Crippen LogP contribution is 2.36. The molecule has 1 amide bonds. The van der Waals surface area contributed by atoms with Gasteiger partial charge in [0.15, 0.2) is 0 Å². The zero-order valence-corrected chi connectivity index (χ0v) is 12.5. The van der Waals surface area contributed by atoms with E-state index < -0.39 is 24.6 Å². The molecule has 0 aliphatic carbocycles. The van der Waals surface area contributed by atoms with Crippen molar-refractivity contribution in [1.29, 1.82) is 0 Å². The van der Waals surface area contributed by atoms with Crippen molar-refractivity contribution in [3.05, 3.63) is 48.0 Å². The van der Waals surface area contributed by atoms with Gasteiger partial charge in [-0.25, -0.2) is 9.67 Å². The van der Waals surface area contributed by atoms with Crippen LogP contribution in [0.5, 0.6) is 0 Å². The molecule has 0 bridgehead atoms. The fraction of sp³-hybridized carbons (Fsp3) is 0.357. The highest BCUT2D eigenvalue weighted by atomic mass is 19.4. The van der Waals surface area contributed by atoms with Crippen molar-refractivity contribution in [2.75, 3.05) is 13.6 Å². The van der Waals surface area contributed by atoms with Crippen LogP contribution in [0, 0.1) is 0 Å². The first kappa shape index (κ1) is 17.8. The van der Waals surface area contributed by atoms with Crippen LogP contribution in [-0.2, 0) is 6.54 Å². The molecule has 0 fully saturated rings. The van der Waals surface area contributed by atoms with Crippen molar-refractivity contribution in [2.45, 2.75) is 18.6 Å². The Morgan fingerprint density at radius 1 is 1.21 bits per heavy atom. The first-order chi connectivity index (χ1) is 11.1. The van der Waals surface area contributed by atoms with Gasteiger partial charge in [0.1, 0.15) is 12.7 Å². The van der Waals surface area contributed by atoms with Crippen molar-refractivity contribution in [3.63, 3.8) is 0 Å². The number of amides is 1. The molecule has 0 spiro atoms. The summed E-state index contributed by atoms with van der Waals surface area (Å²) >= 11 is 0. The van der Waals surface area contributed by atoms with Gasteiger partial charge in [0, 0.05) is 12.6 Å². The van der Waals surface area contributed by atoms with Gasteiger partial charge in [-0.1, -0.05) is 18.2 Å². The van der Waals surface area contributed by atoms with E-state index in [0.29, 0.717) is 10.5 Å². The summed E-state index contributed by atoms with van der Waals surface area (Å²) in [6.45, 7) is -1.63. The standard InChI is InChI=1S/C14H13F5N4O/c1-22(7-13(15,16)14(17,18)19)12(24)11-5-3-2-4-10(11)6-23-9-20-8-21-23/h2-5,8-9H,6-7H2,1H3. The molecule has 1 aromatic carbocycles. The summed E-state index contributed by atoms with van der Waals surface area (Å²) in [4.78, 5) is 16.4. The SMILES string of the molecule is CN(CC(F)(F)C(F)(F)F)C(=O)c1ccccc1Cn1cncn1. The maximum absolute atomic E-state index is 13.1. The number of carbonyl (C=O) groups is 1. The second-order valence-electron chi connectivity index (χ2n) is 5.11. The molecule has 0 N–H and O–H groups in total. The Labute approximate surface area is 133 Å². The topological polar surface area (TPSA) is 51.0 Å². The molecule has 2 aromatic rings. The summed E-state index contributed by atoms with van der Waals surface area (Å²) in [5.74, 6) is -5.92. The van der Waals surface area contributed by atoms with Crippen LogP contribution in [0.3, 0.4) is 0 Å². The van der Waals surface area contributed by atoms with Crippen LogP contribution in [0.1, 0.15) is 15.9 Å². The van der Waals surface area contributed by atoms with E-state index in [1.807, 2.05) is 0 Å². The Kier molecular flexibility index (Phi) is 4.86. The fourth-order valence-corrected chi connectivity index (χ4v) is 2.02. The molecule has 1 aromatic heterocycles. The van der Waals surface area contributed by atoms with Crippen LogP contribution in [-0.4, -0.2) is 51.3 Å². The average Bonchev–Trinajstić information content (AvgIpc) is 2.98. The number of alkyl halides is 5. The average molecular weight is 348 g/mol. The van der Waals surface area contributed by atoms with E-state index in [2.05, 4.69) is 10.1 Å². The maximum atomic E-state index is 13.1. The van der Waals surface area contributed by atoms with Gasteiger partial charge in [0.05, 0.1) is 13.1 Å². The van der Waals surface area contributed by atoms with Gasteiger partial charge in [-0.15, -0.1) is 0 Å². The molecule has 1 heterocycles. The molecule has 0 aliphatic heterocycles. The Morgan fingerprint density at radius 2 is 1.88 bits per heavy atom. The van der Waals surface area contributed by atoms with E-state index in [0.717, 1.165) is 7.05 Å². The lowest BCUT2D eigenvalue weighted by atomic mass is 10.1. The van der Waals surface area contributed by atoms with Crippen LogP contribution in [0.25, 0.3) is 0 Å². The number of halogens is 5. The van der Waals surface area contributed by atoms with Gasteiger partial charge in [-0.05, 0) is 11.6 Å². The molecule has 5 nitrogen and oxygen atoms in total. The Hall–Kier alpha value is -2.52. The Bertz CT molecular complexity index is 699. The molecule has 0 saturated carbocycles. The third kappa shape index (κ3) is 3.87. The zero-order chi connectivity index (χ0) is 18.0. The maximum Gasteiger partial charge on any atom is 0.455 e. The van der Waals surface area contributed by atoms with Crippen LogP contribution >= 0.6 is 0 Å². The summed E-state index contributed by atoms with van der Waals surface area (Å²) in [5, 5.41) is 3.86. The minimum absolute atomic E-state index is 0.0217. The van der Waals surface area contributed by atoms with E-state index in [1.54, 1.807) is 12.1 Å². The van der Waals surface area contributed by atoms with Crippen molar-refractivity contribution in [3.8, 4) is 0 Å². The van der Waals surface area contributed by atoms with Gasteiger partial charge >= 0.3 is 12.1 Å². The first-order valence-corrected chi connectivity index (χ1v) is 6.72. The van der Waals surface area contributed by atoms with E-state index in [9.17, 15) is 26.7 Å². The molecular formula is C14H13F5N4O. The van der Waals surface area contributed by atoms with Crippen LogP contribution in [0.2, 0.25) is 0 Å². The van der Waals surface area contributed by atoms with Crippen LogP contribution < -0.4 is 0 Å². The van der Waals surface area contributed by atoms with Crippen molar-refractivity contribution >= 4 is 5.91 Å². The molecule has 0 atom stereocenters. The normalized spacial score (nSPS) is 12.2. The number of carbonyl (C=O) groups excluding carboxylic acids is 1. The molecule has 0 unspecified atom stereocenters. The minimum Gasteiger partial charge on any atom is -0.335 e. The zero-order valence-electron chi connectivity index (χ0n) is 12.5. The number of rotatable bonds is 5. The van der Waals surface area contributed by atoms with Crippen molar-refractivity contribution < 1.29 is 26.7 Å². The molecule has 130 valence electrons. The smallest absolute Gasteiger partial charge is 0.335 e. The van der Waals surface area contributed by atoms with E-state index in [4.69, 9.17) is 0 Å². The van der Waals surface area contributed by atoms with E-state index >= 15 is 0 Å². The van der Waals surface area contributed by atoms with Gasteiger partial charge in [0.25, 0.3) is 5.91 Å². The Morgan fingerprint density at radius 3 is 2.46 bits per heavy atom. The van der Waals surface area contributed by atoms with Gasteiger partial charge in [0.2, 0.25) is 0 Å². The number of hydrogen-bond donors (Lipinski definition) is 0. The second kappa shape index (κ2) is 6.54. The predicted octanol–water partition coefficient (Wildman–Crippen LogP) is 2.60. The summed E-state index contributed by atoms with van der Waals surface area (Å²) in [6, 6.07) is 6.03. The molecular weight excluding hydrogens is 335 g/mol. The van der Waals surface area contributed by atoms with Gasteiger partial charge in [-0.2, -0.15) is 27.1 Å². The predicted molar refractivity (Wildman–Crippen MR) is 73.5 cm³/mol. The molecule has 0 aliphatic rings. The van der Waals surface area contributed by atoms with Crippen molar-refractivity contribution in [2.24, 2.45) is 0 Å². The highest BCUT2D eigenvalue weighted by Gasteiger charge is 2.58. The fourth-order valence-electron chi connectivity index (χ4n) is 2.02. The van der Waals surface area contributed by atoms with Crippen LogP contribution in [0.15, 0.2) is 36.9 Å². The quantitative estimate of drug-likeness (QED) is 0.781. The molecule has 0 radical (unpaired) electrons. The van der Waals surface area contributed by atoms with Crippen LogP contribution in [0.4, 0.5) is 22.0 Å². The molecule has 10 heteroatoms. The summed E-state index contributed by atoms with van der Waals surface area (Å²) in [6.07, 6.45) is -3.05. The number of hydrogen-bond acceptors (Lipinski definition) is 3. The van der Waals surface area contributed by atoms with Crippen molar-refractivity contribution in [1.82, 2.24) is 19.7 Å². The number of aromatic nitrogens is 3. The molecule has 2 rings (SSSR count). The summed E-state index contributed by atoms with van der Waals surface area (Å²) in [5.41, 5.74) is 0.448. The third-order valence-corrected chi connectivity index (χ3v) is 3.24. The lowest BCUT2D eigenvalue weighted by molar-refractivity contribution is -0.283. The lowest BCUT2D eigenvalue weighted by Crippen LogP contribution is -2.47. The Balaban J connectivity index is 2.20. The van der Waals surface area contributed by atoms with E-state index in [1.165, 1.54) is 29.5 Å². The lowest BCUT2D eigenvalue weighted by Gasteiger charge is -2.26. The number of benzene rings is 1. The summed E-state index contributed by atoms with van der Waals surface area (Å²) in [7, 11) is 0.897. The summed E-state index contributed by atoms with van der Waals surface area (Å²) < 4.78 is 64.5. The number of nitrogens with zero attached hydrogens (tertiary/aromatic N) is 4. The molecule has 0 saturated heterocycles. The highest BCUT2D eigenvalue weighted by molar-refractivity contribution is 5.95. The van der Waals surface area contributed by atoms with Gasteiger partial charge < -0.3 is 4.90 Å². The third-order valence-electron chi connectivity index (χ3n) is 3.24. The largest absolute Gasteiger partial charge is 0.455 e. The molecule has 24 heavy (non-hydrogen) atoms.